The summed E-state index contributed by atoms with van der Waals surface area (Å²) >= 11 is 6.47. The van der Waals surface area contributed by atoms with E-state index in [2.05, 4.69) is 9.97 Å². The maximum Gasteiger partial charge on any atom is 0.303 e. The molecule has 0 bridgehead atoms. The molecule has 0 saturated carbocycles. The number of hydrogen-bond acceptors (Lipinski definition) is 5. The van der Waals surface area contributed by atoms with Gasteiger partial charge >= 0.3 is 5.97 Å². The third kappa shape index (κ3) is 2.40. The molecule has 0 aromatic carbocycles. The van der Waals surface area contributed by atoms with E-state index in [4.69, 9.17) is 17.0 Å². The molecule has 0 aliphatic rings. The molecule has 0 amide bonds. The van der Waals surface area contributed by atoms with E-state index in [1.54, 1.807) is 0 Å². The van der Waals surface area contributed by atoms with Gasteiger partial charge in [-0.3, -0.25) is 4.79 Å². The lowest BCUT2D eigenvalue weighted by Gasteiger charge is -2.00. The molecule has 1 N–H and O–H groups in total. The van der Waals surface area contributed by atoms with Crippen molar-refractivity contribution >= 4 is 39.9 Å². The number of thiazole rings is 1. The van der Waals surface area contributed by atoms with Crippen LogP contribution in [0.2, 0.25) is 0 Å². The average Bonchev–Trinajstić information content (AvgIpc) is 2.53. The van der Waals surface area contributed by atoms with Crippen LogP contribution in [0.1, 0.15) is 12.6 Å². The van der Waals surface area contributed by atoms with Crippen LogP contribution in [0.4, 0.5) is 0 Å². The molecular formula is C9H8N2O2S2. The smallest absolute Gasteiger partial charge is 0.303 e. The SMILES string of the molecule is CC(=O)OCc1ccc2sc(=S)[nH]c2n1. The van der Waals surface area contributed by atoms with Crippen molar-refractivity contribution in [1.82, 2.24) is 9.97 Å². The van der Waals surface area contributed by atoms with Gasteiger partial charge in [-0.2, -0.15) is 0 Å². The quantitative estimate of drug-likeness (QED) is 0.647. The number of rotatable bonds is 2. The fraction of sp³-hybridized carbons (Fsp3) is 0.222. The second-order valence-electron chi connectivity index (χ2n) is 2.94. The van der Waals surface area contributed by atoms with E-state index < -0.39 is 0 Å². The van der Waals surface area contributed by atoms with Crippen LogP contribution in [0.3, 0.4) is 0 Å². The summed E-state index contributed by atoms with van der Waals surface area (Å²) < 4.78 is 6.55. The maximum absolute atomic E-state index is 10.6. The van der Waals surface area contributed by atoms with Gasteiger partial charge in [-0.25, -0.2) is 4.98 Å². The number of carbonyl (C=O) groups is 1. The van der Waals surface area contributed by atoms with E-state index in [9.17, 15) is 4.79 Å². The van der Waals surface area contributed by atoms with E-state index in [1.165, 1.54) is 18.3 Å². The molecule has 78 valence electrons. The van der Waals surface area contributed by atoms with Gasteiger partial charge in [0, 0.05) is 6.92 Å². The zero-order valence-electron chi connectivity index (χ0n) is 7.94. The van der Waals surface area contributed by atoms with Crippen molar-refractivity contribution in [2.75, 3.05) is 0 Å². The Morgan fingerprint density at radius 3 is 3.20 bits per heavy atom. The number of aromatic nitrogens is 2. The standard InChI is InChI=1S/C9H8N2O2S2/c1-5(12)13-4-6-2-3-7-8(10-6)11-9(14)15-7/h2-3H,4H2,1H3,(H,10,11,14). The minimum atomic E-state index is -0.310. The summed E-state index contributed by atoms with van der Waals surface area (Å²) in [7, 11) is 0. The number of ether oxygens (including phenoxy) is 1. The van der Waals surface area contributed by atoms with E-state index in [1.807, 2.05) is 12.1 Å². The average molecular weight is 240 g/mol. The fourth-order valence-electron chi connectivity index (χ4n) is 1.14. The van der Waals surface area contributed by atoms with Crippen LogP contribution in [-0.2, 0) is 16.1 Å². The monoisotopic (exact) mass is 240 g/mol. The lowest BCUT2D eigenvalue weighted by atomic mass is 10.3. The Balaban J connectivity index is 2.30. The van der Waals surface area contributed by atoms with Gasteiger partial charge in [0.1, 0.15) is 12.3 Å². The molecule has 4 nitrogen and oxygen atoms in total. The second kappa shape index (κ2) is 4.08. The van der Waals surface area contributed by atoms with Crippen molar-refractivity contribution in [3.63, 3.8) is 0 Å². The Morgan fingerprint density at radius 1 is 1.67 bits per heavy atom. The molecule has 15 heavy (non-hydrogen) atoms. The van der Waals surface area contributed by atoms with Gasteiger partial charge in [0.25, 0.3) is 0 Å². The van der Waals surface area contributed by atoms with E-state index in [0.717, 1.165) is 10.3 Å². The van der Waals surface area contributed by atoms with Crippen LogP contribution in [0.15, 0.2) is 12.1 Å². The van der Waals surface area contributed by atoms with Crippen molar-refractivity contribution in [3.8, 4) is 0 Å². The molecule has 0 fully saturated rings. The number of H-pyrrole nitrogens is 1. The van der Waals surface area contributed by atoms with Gasteiger partial charge in [0.15, 0.2) is 3.95 Å². The van der Waals surface area contributed by atoms with Gasteiger partial charge in [-0.15, -0.1) is 11.3 Å². The highest BCUT2D eigenvalue weighted by atomic mass is 32.1. The molecule has 2 aromatic rings. The molecular weight excluding hydrogens is 232 g/mol. The minimum absolute atomic E-state index is 0.196. The number of nitrogens with one attached hydrogen (secondary N) is 1. The first kappa shape index (κ1) is 10.3. The molecule has 2 rings (SSSR count). The van der Waals surface area contributed by atoms with Crippen molar-refractivity contribution in [2.24, 2.45) is 0 Å². The first-order valence-electron chi connectivity index (χ1n) is 4.27. The van der Waals surface area contributed by atoms with E-state index in [-0.39, 0.29) is 12.6 Å². The Labute approximate surface area is 94.9 Å². The van der Waals surface area contributed by atoms with Crippen molar-refractivity contribution in [2.45, 2.75) is 13.5 Å². The Bertz CT molecular complexity index is 558. The van der Waals surface area contributed by atoms with Crippen LogP contribution in [0, 0.1) is 3.95 Å². The summed E-state index contributed by atoms with van der Waals surface area (Å²) in [5, 5.41) is 0. The van der Waals surface area contributed by atoms with Crippen LogP contribution in [0.5, 0.6) is 0 Å². The number of aromatic amines is 1. The number of carbonyl (C=O) groups excluding carboxylic acids is 1. The summed E-state index contributed by atoms with van der Waals surface area (Å²) in [6.07, 6.45) is 0. The van der Waals surface area contributed by atoms with E-state index >= 15 is 0 Å². The Morgan fingerprint density at radius 2 is 2.47 bits per heavy atom. The number of hydrogen-bond donors (Lipinski definition) is 1. The molecule has 0 spiro atoms. The minimum Gasteiger partial charge on any atom is -0.459 e. The summed E-state index contributed by atoms with van der Waals surface area (Å²) in [5.41, 5.74) is 1.46. The van der Waals surface area contributed by atoms with Crippen LogP contribution in [-0.4, -0.2) is 15.9 Å². The first-order chi connectivity index (χ1) is 7.15. The molecule has 0 radical (unpaired) electrons. The third-order valence-corrected chi connectivity index (χ3v) is 2.95. The van der Waals surface area contributed by atoms with Gasteiger partial charge in [0.05, 0.1) is 10.4 Å². The van der Waals surface area contributed by atoms with E-state index in [0.29, 0.717) is 9.65 Å². The Hall–Kier alpha value is -1.27. The largest absolute Gasteiger partial charge is 0.459 e. The fourth-order valence-corrected chi connectivity index (χ4v) is 2.18. The van der Waals surface area contributed by atoms with Crippen LogP contribution < -0.4 is 0 Å². The zero-order valence-corrected chi connectivity index (χ0v) is 9.58. The Kier molecular flexibility index (Phi) is 2.79. The zero-order chi connectivity index (χ0) is 10.8. The number of pyridine rings is 1. The number of fused-ring (bicyclic) bond motifs is 1. The van der Waals surface area contributed by atoms with Crippen molar-refractivity contribution < 1.29 is 9.53 Å². The maximum atomic E-state index is 10.6. The molecule has 6 heteroatoms. The van der Waals surface area contributed by atoms with Gasteiger partial charge in [-0.1, -0.05) is 0 Å². The molecule has 0 unspecified atom stereocenters. The van der Waals surface area contributed by atoms with Crippen LogP contribution >= 0.6 is 23.6 Å². The highest BCUT2D eigenvalue weighted by Gasteiger charge is 2.02. The molecule has 2 heterocycles. The highest BCUT2D eigenvalue weighted by Crippen LogP contribution is 2.17. The highest BCUT2D eigenvalue weighted by molar-refractivity contribution is 7.73. The lowest BCUT2D eigenvalue weighted by molar-refractivity contribution is -0.142. The normalized spacial score (nSPS) is 10.5. The third-order valence-electron chi connectivity index (χ3n) is 1.76. The molecule has 0 aliphatic carbocycles. The predicted octanol–water partition coefficient (Wildman–Crippen LogP) is 2.42. The molecule has 0 saturated heterocycles. The molecule has 2 aromatic heterocycles. The first-order valence-corrected chi connectivity index (χ1v) is 5.50. The summed E-state index contributed by atoms with van der Waals surface area (Å²) in [4.78, 5) is 17.9. The van der Waals surface area contributed by atoms with Crippen LogP contribution in [0.25, 0.3) is 10.3 Å². The predicted molar refractivity (Wildman–Crippen MR) is 60.3 cm³/mol. The van der Waals surface area contributed by atoms with Gasteiger partial charge in [0.2, 0.25) is 0 Å². The number of nitrogens with zero attached hydrogens (tertiary/aromatic N) is 1. The summed E-state index contributed by atoms with van der Waals surface area (Å²) in [6, 6.07) is 3.74. The van der Waals surface area contributed by atoms with Gasteiger partial charge in [-0.05, 0) is 24.4 Å². The molecule has 0 atom stereocenters. The van der Waals surface area contributed by atoms with Gasteiger partial charge < -0.3 is 9.72 Å². The summed E-state index contributed by atoms with van der Waals surface area (Å²) in [5.74, 6) is -0.310. The van der Waals surface area contributed by atoms with Crippen molar-refractivity contribution in [3.05, 3.63) is 21.8 Å². The topological polar surface area (TPSA) is 55.0 Å². The molecule has 0 aliphatic heterocycles. The van der Waals surface area contributed by atoms with Crippen molar-refractivity contribution in [1.29, 1.82) is 0 Å². The summed E-state index contributed by atoms with van der Waals surface area (Å²) in [6.45, 7) is 1.57. The number of esters is 1. The second-order valence-corrected chi connectivity index (χ2v) is 4.66. The lowest BCUT2D eigenvalue weighted by Crippen LogP contribution is -2.00.